The third kappa shape index (κ3) is 3.75. The molecule has 97 valence electrons. The summed E-state index contributed by atoms with van der Waals surface area (Å²) >= 11 is 11.2. The maximum absolute atomic E-state index is 12.9. The molecule has 0 heterocycles. The molecule has 19 heavy (non-hydrogen) atoms. The maximum atomic E-state index is 12.9. The Balaban J connectivity index is 1.92. The van der Waals surface area contributed by atoms with E-state index in [0.29, 0.717) is 11.5 Å². The molecule has 0 aromatic heterocycles. The summed E-state index contributed by atoms with van der Waals surface area (Å²) in [4.78, 5) is 0. The molecule has 0 aliphatic heterocycles. The van der Waals surface area contributed by atoms with Gasteiger partial charge in [-0.1, -0.05) is 23.2 Å². The van der Waals surface area contributed by atoms with E-state index in [9.17, 15) is 8.78 Å². The first-order valence-corrected chi connectivity index (χ1v) is 5.87. The number of benzene rings is 2. The minimum atomic E-state index is -0.541. The molecular weight excluding hydrogens is 296 g/mol. The van der Waals surface area contributed by atoms with Crippen LogP contribution in [0, 0.1) is 11.6 Å². The molecule has 1 radical (unpaired) electrons. The van der Waals surface area contributed by atoms with Gasteiger partial charge in [0.15, 0.2) is 0 Å². The molecule has 0 spiro atoms. The van der Waals surface area contributed by atoms with Gasteiger partial charge in [0.25, 0.3) is 0 Å². The lowest BCUT2D eigenvalue weighted by atomic mass is 10.3. The number of halogens is 4. The summed E-state index contributed by atoms with van der Waals surface area (Å²) in [6, 6.07) is 7.71. The average Bonchev–Trinajstić information content (AvgIpc) is 2.38. The van der Waals surface area contributed by atoms with Crippen LogP contribution in [0.15, 0.2) is 36.4 Å². The van der Waals surface area contributed by atoms with Crippen molar-refractivity contribution in [2.75, 3.05) is 0 Å². The highest BCUT2D eigenvalue weighted by Crippen LogP contribution is 2.22. The predicted molar refractivity (Wildman–Crippen MR) is 69.8 cm³/mol. The van der Waals surface area contributed by atoms with Crippen LogP contribution in [0.1, 0.15) is 0 Å². The molecule has 0 fully saturated rings. The lowest BCUT2D eigenvalue weighted by molar-refractivity contribution is 0.457. The van der Waals surface area contributed by atoms with Gasteiger partial charge in [-0.15, -0.1) is 0 Å². The van der Waals surface area contributed by atoms with Gasteiger partial charge in [-0.3, -0.25) is 0 Å². The topological polar surface area (TPSA) is 18.5 Å². The average molecular weight is 302 g/mol. The van der Waals surface area contributed by atoms with Crippen molar-refractivity contribution in [2.24, 2.45) is 0 Å². The van der Waals surface area contributed by atoms with Crippen molar-refractivity contribution in [2.45, 2.75) is 0 Å². The van der Waals surface area contributed by atoms with Crippen molar-refractivity contribution in [1.29, 1.82) is 0 Å². The molecule has 7 heteroatoms. The Morgan fingerprint density at radius 3 is 1.58 bits per heavy atom. The van der Waals surface area contributed by atoms with E-state index in [1.165, 1.54) is 36.4 Å². The Labute approximate surface area is 119 Å². The first kappa shape index (κ1) is 14.0. The molecule has 2 rings (SSSR count). The van der Waals surface area contributed by atoms with Gasteiger partial charge in [0, 0.05) is 0 Å². The molecule has 0 saturated heterocycles. The molecule has 0 amide bonds. The molecule has 0 bridgehead atoms. The zero-order chi connectivity index (χ0) is 13.8. The quantitative estimate of drug-likeness (QED) is 0.786. The largest absolute Gasteiger partial charge is 0.658 e. The first-order chi connectivity index (χ1) is 9.06. The normalized spacial score (nSPS) is 10.1. The zero-order valence-electron chi connectivity index (χ0n) is 9.37. The van der Waals surface area contributed by atoms with Gasteiger partial charge in [-0.2, -0.15) is 0 Å². The summed E-state index contributed by atoms with van der Waals surface area (Å²) in [6.45, 7) is 0. The highest BCUT2D eigenvalue weighted by Gasteiger charge is 2.06. The van der Waals surface area contributed by atoms with Crippen LogP contribution >= 0.6 is 23.2 Å². The molecular formula is C12H6BCl2F2O2. The number of rotatable bonds is 4. The molecule has 0 aliphatic rings. The van der Waals surface area contributed by atoms with E-state index >= 15 is 0 Å². The van der Waals surface area contributed by atoms with Crippen molar-refractivity contribution in [1.82, 2.24) is 0 Å². The van der Waals surface area contributed by atoms with Gasteiger partial charge in [0.2, 0.25) is 0 Å². The first-order valence-electron chi connectivity index (χ1n) is 5.11. The predicted octanol–water partition coefficient (Wildman–Crippen LogP) is 4.26. The molecule has 0 unspecified atom stereocenters. The van der Waals surface area contributed by atoms with Crippen molar-refractivity contribution < 1.29 is 18.1 Å². The second-order valence-electron chi connectivity index (χ2n) is 3.48. The van der Waals surface area contributed by atoms with Gasteiger partial charge >= 0.3 is 7.69 Å². The van der Waals surface area contributed by atoms with Gasteiger partial charge < -0.3 is 9.31 Å². The molecule has 2 aromatic rings. The van der Waals surface area contributed by atoms with Gasteiger partial charge in [-0.05, 0) is 36.4 Å². The van der Waals surface area contributed by atoms with Crippen molar-refractivity contribution in [3.05, 3.63) is 58.1 Å². The van der Waals surface area contributed by atoms with Crippen LogP contribution in [-0.2, 0) is 0 Å². The van der Waals surface area contributed by atoms with Crippen molar-refractivity contribution in [3.8, 4) is 11.5 Å². The van der Waals surface area contributed by atoms with Crippen LogP contribution in [0.2, 0.25) is 10.0 Å². The molecule has 2 nitrogen and oxygen atoms in total. The smallest absolute Gasteiger partial charge is 0.526 e. The van der Waals surface area contributed by atoms with Crippen LogP contribution < -0.4 is 9.31 Å². The van der Waals surface area contributed by atoms with Gasteiger partial charge in [0.05, 0.1) is 10.0 Å². The number of hydrogen-bond acceptors (Lipinski definition) is 2. The van der Waals surface area contributed by atoms with E-state index in [0.717, 1.165) is 7.69 Å². The fourth-order valence-corrected chi connectivity index (χ4v) is 1.58. The fourth-order valence-electron chi connectivity index (χ4n) is 1.24. The third-order valence-electron chi connectivity index (χ3n) is 2.15. The van der Waals surface area contributed by atoms with Gasteiger partial charge in [0.1, 0.15) is 23.1 Å². The Hall–Kier alpha value is -1.46. The molecule has 0 saturated carbocycles. The molecule has 0 aliphatic carbocycles. The second kappa shape index (κ2) is 6.13. The van der Waals surface area contributed by atoms with Gasteiger partial charge in [-0.25, -0.2) is 8.78 Å². The van der Waals surface area contributed by atoms with Crippen LogP contribution in [0.3, 0.4) is 0 Å². The fraction of sp³-hybridized carbons (Fsp3) is 0. The van der Waals surface area contributed by atoms with Crippen LogP contribution in [-0.4, -0.2) is 7.69 Å². The van der Waals surface area contributed by atoms with Crippen molar-refractivity contribution in [3.63, 3.8) is 0 Å². The summed E-state index contributed by atoms with van der Waals surface area (Å²) < 4.78 is 35.9. The summed E-state index contributed by atoms with van der Waals surface area (Å²) in [5.74, 6) is -0.472. The standard InChI is InChI=1S/C12H6BCl2F2O2/c14-9-5-7(1-3-11(9)16)18-13-19-8-2-4-12(17)10(15)6-8/h1-6H. The van der Waals surface area contributed by atoms with E-state index in [1.807, 2.05) is 0 Å². The Morgan fingerprint density at radius 1 is 0.789 bits per heavy atom. The highest BCUT2D eigenvalue weighted by atomic mass is 35.5. The minimum Gasteiger partial charge on any atom is -0.526 e. The van der Waals surface area contributed by atoms with E-state index in [-0.39, 0.29) is 10.0 Å². The minimum absolute atomic E-state index is 0.0595. The summed E-state index contributed by atoms with van der Waals surface area (Å²) in [6.07, 6.45) is 0. The number of hydrogen-bond donors (Lipinski definition) is 0. The lowest BCUT2D eigenvalue weighted by Crippen LogP contribution is -2.11. The Bertz CT molecular complexity index is 544. The van der Waals surface area contributed by atoms with E-state index < -0.39 is 11.6 Å². The van der Waals surface area contributed by atoms with Crippen LogP contribution in [0.25, 0.3) is 0 Å². The molecule has 0 N–H and O–H groups in total. The second-order valence-corrected chi connectivity index (χ2v) is 4.30. The van der Waals surface area contributed by atoms with E-state index in [4.69, 9.17) is 32.5 Å². The molecule has 0 atom stereocenters. The van der Waals surface area contributed by atoms with Crippen LogP contribution in [0.5, 0.6) is 11.5 Å². The van der Waals surface area contributed by atoms with Crippen LogP contribution in [0.4, 0.5) is 8.78 Å². The summed E-state index contributed by atoms with van der Waals surface area (Å²) in [5.41, 5.74) is 0. The maximum Gasteiger partial charge on any atom is 0.658 e. The lowest BCUT2D eigenvalue weighted by Gasteiger charge is -2.07. The summed E-state index contributed by atoms with van der Waals surface area (Å²) in [7, 11) is 1.01. The van der Waals surface area contributed by atoms with Crippen molar-refractivity contribution >= 4 is 30.9 Å². The Kier molecular flexibility index (Phi) is 4.50. The Morgan fingerprint density at radius 2 is 1.21 bits per heavy atom. The highest BCUT2D eigenvalue weighted by molar-refractivity contribution is 6.31. The SMILES string of the molecule is Fc1ccc(O[B]Oc2ccc(F)c(Cl)c2)cc1Cl. The zero-order valence-corrected chi connectivity index (χ0v) is 10.9. The molecule has 2 aromatic carbocycles. The summed E-state index contributed by atoms with van der Waals surface area (Å²) in [5, 5.41) is -0.119. The third-order valence-corrected chi connectivity index (χ3v) is 2.73. The van der Waals surface area contributed by atoms with E-state index in [2.05, 4.69) is 0 Å². The monoisotopic (exact) mass is 301 g/mol. The van der Waals surface area contributed by atoms with E-state index in [1.54, 1.807) is 0 Å².